The van der Waals surface area contributed by atoms with Crippen molar-refractivity contribution in [3.8, 4) is 17.0 Å². The molecule has 2 aromatic rings. The first-order chi connectivity index (χ1) is 8.65. The number of hydrogen-bond donors (Lipinski definition) is 1. The molecule has 0 aliphatic rings. The third kappa shape index (κ3) is 2.67. The third-order valence-corrected chi connectivity index (χ3v) is 4.23. The van der Waals surface area contributed by atoms with E-state index in [9.17, 15) is 0 Å². The van der Waals surface area contributed by atoms with Gasteiger partial charge < -0.3 is 10.5 Å². The minimum absolute atomic E-state index is 0.757. The standard InChI is InChI=1S/C13H15BrN2OS/c1-3-4-11-16-12(13(15)18-11)9-7-8(17-2)5-6-10(9)14/h5-7H,3-4,15H2,1-2H3. The number of halogens is 1. The second kappa shape index (κ2) is 5.71. The van der Waals surface area contributed by atoms with Crippen LogP contribution in [0.1, 0.15) is 18.4 Å². The third-order valence-electron chi connectivity index (χ3n) is 2.59. The average molecular weight is 327 g/mol. The van der Waals surface area contributed by atoms with E-state index in [1.165, 1.54) is 0 Å². The molecule has 0 radical (unpaired) electrons. The molecule has 3 nitrogen and oxygen atoms in total. The molecule has 0 amide bonds. The van der Waals surface area contributed by atoms with Crippen LogP contribution < -0.4 is 10.5 Å². The van der Waals surface area contributed by atoms with Crippen LogP contribution >= 0.6 is 27.3 Å². The Bertz CT molecular complexity index is 554. The zero-order valence-corrected chi connectivity index (χ0v) is 12.8. The summed E-state index contributed by atoms with van der Waals surface area (Å²) >= 11 is 5.09. The molecule has 1 heterocycles. The molecule has 18 heavy (non-hydrogen) atoms. The molecule has 0 saturated carbocycles. The molecule has 0 aliphatic heterocycles. The molecule has 0 fully saturated rings. The van der Waals surface area contributed by atoms with E-state index in [-0.39, 0.29) is 0 Å². The van der Waals surface area contributed by atoms with Crippen molar-refractivity contribution in [1.82, 2.24) is 4.98 Å². The first kappa shape index (κ1) is 13.4. The molecular weight excluding hydrogens is 312 g/mol. The summed E-state index contributed by atoms with van der Waals surface area (Å²) in [5.41, 5.74) is 7.88. The van der Waals surface area contributed by atoms with Crippen molar-refractivity contribution in [3.05, 3.63) is 27.7 Å². The number of nitrogen functional groups attached to an aromatic ring is 1. The van der Waals surface area contributed by atoms with Crippen molar-refractivity contribution < 1.29 is 4.74 Å². The molecule has 1 aromatic heterocycles. The van der Waals surface area contributed by atoms with E-state index in [1.54, 1.807) is 18.4 Å². The number of thiazole rings is 1. The Morgan fingerprint density at radius 1 is 1.44 bits per heavy atom. The van der Waals surface area contributed by atoms with E-state index in [1.807, 2.05) is 18.2 Å². The molecule has 0 aliphatic carbocycles. The molecule has 0 saturated heterocycles. The number of rotatable bonds is 4. The maximum Gasteiger partial charge on any atom is 0.119 e. The van der Waals surface area contributed by atoms with Crippen molar-refractivity contribution >= 4 is 32.3 Å². The second-order valence-corrected chi connectivity index (χ2v) is 5.89. The monoisotopic (exact) mass is 326 g/mol. The highest BCUT2D eigenvalue weighted by atomic mass is 79.9. The normalized spacial score (nSPS) is 10.6. The number of nitrogens with zero attached hydrogens (tertiary/aromatic N) is 1. The number of anilines is 1. The Morgan fingerprint density at radius 3 is 2.89 bits per heavy atom. The number of ether oxygens (including phenoxy) is 1. The van der Waals surface area contributed by atoms with Crippen LogP contribution in [-0.4, -0.2) is 12.1 Å². The molecule has 0 unspecified atom stereocenters. The van der Waals surface area contributed by atoms with E-state index >= 15 is 0 Å². The molecule has 2 rings (SSSR count). The number of nitrogens with two attached hydrogens (primary N) is 1. The van der Waals surface area contributed by atoms with Gasteiger partial charge in [-0.05, 0) is 31.0 Å². The summed E-state index contributed by atoms with van der Waals surface area (Å²) in [6.07, 6.45) is 2.04. The van der Waals surface area contributed by atoms with Crippen molar-refractivity contribution in [3.63, 3.8) is 0 Å². The van der Waals surface area contributed by atoms with Crippen LogP contribution in [0.3, 0.4) is 0 Å². The van der Waals surface area contributed by atoms with Crippen LogP contribution in [0, 0.1) is 0 Å². The number of methoxy groups -OCH3 is 1. The van der Waals surface area contributed by atoms with Crippen LogP contribution in [0.5, 0.6) is 5.75 Å². The van der Waals surface area contributed by atoms with Crippen LogP contribution in [0.15, 0.2) is 22.7 Å². The molecular formula is C13H15BrN2OS. The summed E-state index contributed by atoms with van der Waals surface area (Å²) < 4.78 is 6.21. The smallest absolute Gasteiger partial charge is 0.119 e. The summed E-state index contributed by atoms with van der Waals surface area (Å²) in [4.78, 5) is 4.61. The summed E-state index contributed by atoms with van der Waals surface area (Å²) in [7, 11) is 1.65. The fourth-order valence-corrected chi connectivity index (χ4v) is 3.09. The van der Waals surface area contributed by atoms with Gasteiger partial charge in [-0.2, -0.15) is 0 Å². The van der Waals surface area contributed by atoms with Gasteiger partial charge in [-0.1, -0.05) is 22.9 Å². The van der Waals surface area contributed by atoms with E-state index < -0.39 is 0 Å². The van der Waals surface area contributed by atoms with Gasteiger partial charge in [0.05, 0.1) is 12.1 Å². The average Bonchev–Trinajstić information content (AvgIpc) is 2.71. The van der Waals surface area contributed by atoms with Crippen molar-refractivity contribution in [2.45, 2.75) is 19.8 Å². The van der Waals surface area contributed by atoms with Crippen molar-refractivity contribution in [1.29, 1.82) is 0 Å². The molecule has 0 spiro atoms. The Hall–Kier alpha value is -1.07. The van der Waals surface area contributed by atoms with Gasteiger partial charge in [-0.25, -0.2) is 4.98 Å². The molecule has 1 aromatic carbocycles. The van der Waals surface area contributed by atoms with Gasteiger partial charge in [-0.15, -0.1) is 11.3 Å². The van der Waals surface area contributed by atoms with Crippen LogP contribution in [0.25, 0.3) is 11.3 Å². The lowest BCUT2D eigenvalue weighted by Crippen LogP contribution is -1.90. The van der Waals surface area contributed by atoms with Crippen LogP contribution in [-0.2, 0) is 6.42 Å². The molecule has 96 valence electrons. The second-order valence-electron chi connectivity index (χ2n) is 3.92. The Morgan fingerprint density at radius 2 is 2.22 bits per heavy atom. The molecule has 2 N–H and O–H groups in total. The Kier molecular flexibility index (Phi) is 4.24. The minimum atomic E-state index is 0.757. The van der Waals surface area contributed by atoms with Gasteiger partial charge in [-0.3, -0.25) is 0 Å². The lowest BCUT2D eigenvalue weighted by molar-refractivity contribution is 0.415. The predicted molar refractivity (Wildman–Crippen MR) is 80.2 cm³/mol. The fraction of sp³-hybridized carbons (Fsp3) is 0.308. The summed E-state index contributed by atoms with van der Waals surface area (Å²) in [6.45, 7) is 2.14. The highest BCUT2D eigenvalue weighted by Gasteiger charge is 2.13. The quantitative estimate of drug-likeness (QED) is 0.919. The van der Waals surface area contributed by atoms with Crippen molar-refractivity contribution in [2.75, 3.05) is 12.8 Å². The predicted octanol–water partition coefficient (Wildman–Crippen LogP) is 4.12. The van der Waals surface area contributed by atoms with Gasteiger partial charge >= 0.3 is 0 Å². The zero-order valence-electron chi connectivity index (χ0n) is 10.4. The van der Waals surface area contributed by atoms with Crippen LogP contribution in [0.2, 0.25) is 0 Å². The largest absolute Gasteiger partial charge is 0.497 e. The number of aromatic nitrogens is 1. The lowest BCUT2D eigenvalue weighted by atomic mass is 10.1. The Balaban J connectivity index is 2.47. The van der Waals surface area contributed by atoms with Gasteiger partial charge in [0.2, 0.25) is 0 Å². The minimum Gasteiger partial charge on any atom is -0.497 e. The van der Waals surface area contributed by atoms with Gasteiger partial charge in [0, 0.05) is 10.0 Å². The zero-order chi connectivity index (χ0) is 13.1. The number of benzene rings is 1. The van der Waals surface area contributed by atoms with E-state index in [4.69, 9.17) is 10.5 Å². The van der Waals surface area contributed by atoms with Gasteiger partial charge in [0.25, 0.3) is 0 Å². The SMILES string of the molecule is CCCc1nc(-c2cc(OC)ccc2Br)c(N)s1. The Labute approximate surface area is 119 Å². The van der Waals surface area contributed by atoms with Crippen LogP contribution in [0.4, 0.5) is 5.00 Å². The first-order valence-electron chi connectivity index (χ1n) is 5.74. The first-order valence-corrected chi connectivity index (χ1v) is 7.35. The molecule has 0 atom stereocenters. The molecule has 5 heteroatoms. The number of hydrogen-bond acceptors (Lipinski definition) is 4. The molecule has 0 bridgehead atoms. The summed E-state index contributed by atoms with van der Waals surface area (Å²) in [5, 5.41) is 1.84. The highest BCUT2D eigenvalue weighted by molar-refractivity contribution is 9.10. The maximum atomic E-state index is 6.06. The van der Waals surface area contributed by atoms with E-state index in [0.717, 1.165) is 44.3 Å². The van der Waals surface area contributed by atoms with Gasteiger partial charge in [0.1, 0.15) is 16.4 Å². The van der Waals surface area contributed by atoms with E-state index in [2.05, 4.69) is 27.8 Å². The van der Waals surface area contributed by atoms with E-state index in [0.29, 0.717) is 0 Å². The number of aryl methyl sites for hydroxylation is 1. The fourth-order valence-electron chi connectivity index (χ4n) is 1.70. The summed E-state index contributed by atoms with van der Waals surface area (Å²) in [6, 6.07) is 5.81. The maximum absolute atomic E-state index is 6.06. The van der Waals surface area contributed by atoms with Crippen molar-refractivity contribution in [2.24, 2.45) is 0 Å². The van der Waals surface area contributed by atoms with Gasteiger partial charge in [0.15, 0.2) is 0 Å². The topological polar surface area (TPSA) is 48.1 Å². The lowest BCUT2D eigenvalue weighted by Gasteiger charge is -2.05. The summed E-state index contributed by atoms with van der Waals surface area (Å²) in [5.74, 6) is 0.803. The highest BCUT2D eigenvalue weighted by Crippen LogP contribution is 2.37.